The maximum Gasteiger partial charge on any atom is 0.324 e. The molecule has 4 rings (SSSR count). The van der Waals surface area contributed by atoms with Crippen LogP contribution in [0.15, 0.2) is 66.7 Å². The van der Waals surface area contributed by atoms with Crippen LogP contribution in [0.25, 0.3) is 0 Å². The molecule has 3 amide bonds. The Morgan fingerprint density at radius 2 is 1.88 bits per heavy atom. The number of benzene rings is 3. The molecule has 3 aromatic rings. The van der Waals surface area contributed by atoms with Crippen molar-refractivity contribution >= 4 is 34.9 Å². The first-order chi connectivity index (χ1) is 15.9. The van der Waals surface area contributed by atoms with E-state index in [0.717, 1.165) is 17.5 Å². The second-order valence-corrected chi connectivity index (χ2v) is 8.49. The van der Waals surface area contributed by atoms with E-state index in [9.17, 15) is 9.59 Å². The summed E-state index contributed by atoms with van der Waals surface area (Å²) >= 11 is 6.11. The number of carbonyl (C=O) groups excluding carboxylic acids is 2. The lowest BCUT2D eigenvalue weighted by atomic mass is 10.1. The number of ether oxygens (including phenoxy) is 1. The molecular weight excluding hydrogens is 438 g/mol. The molecule has 0 unspecified atom stereocenters. The molecule has 0 saturated carbocycles. The molecule has 7 heteroatoms. The van der Waals surface area contributed by atoms with Crippen LogP contribution in [0, 0.1) is 6.92 Å². The number of aryl methyl sites for hydroxylation is 1. The normalized spacial score (nSPS) is 13.7. The summed E-state index contributed by atoms with van der Waals surface area (Å²) in [6.07, 6.45) is 0.815. The van der Waals surface area contributed by atoms with Crippen molar-refractivity contribution in [3.8, 4) is 5.75 Å². The molecule has 0 radical (unpaired) electrons. The van der Waals surface area contributed by atoms with Crippen molar-refractivity contribution in [1.29, 1.82) is 0 Å². The fourth-order valence-corrected chi connectivity index (χ4v) is 4.19. The van der Waals surface area contributed by atoms with Crippen molar-refractivity contribution in [2.24, 2.45) is 0 Å². The molecule has 0 spiro atoms. The Kier molecular flexibility index (Phi) is 6.84. The molecule has 1 fully saturated rings. The van der Waals surface area contributed by atoms with Gasteiger partial charge in [-0.15, -0.1) is 0 Å². The number of methoxy groups -OCH3 is 1. The molecule has 1 aliphatic rings. The van der Waals surface area contributed by atoms with Gasteiger partial charge in [-0.25, -0.2) is 4.79 Å². The van der Waals surface area contributed by atoms with Gasteiger partial charge in [0.05, 0.1) is 12.8 Å². The van der Waals surface area contributed by atoms with Crippen LogP contribution in [0.2, 0.25) is 5.02 Å². The first kappa shape index (κ1) is 22.7. The van der Waals surface area contributed by atoms with Crippen LogP contribution < -0.4 is 15.0 Å². The highest BCUT2D eigenvalue weighted by Gasteiger charge is 2.29. The Morgan fingerprint density at radius 1 is 1.06 bits per heavy atom. The lowest BCUT2D eigenvalue weighted by Crippen LogP contribution is -2.49. The Balaban J connectivity index is 1.56. The smallest absolute Gasteiger partial charge is 0.324 e. The highest BCUT2D eigenvalue weighted by atomic mass is 35.5. The largest absolute Gasteiger partial charge is 0.495 e. The standard InChI is InChI=1S/C26H26ClN3O3/c1-18-6-3-8-20(14-18)25(31)28-22-10-11-24(33-2)23(16-22)30-13-5-12-29(26(30)32)17-19-7-4-9-21(27)15-19/h3-4,6-11,14-16H,5,12-13,17H2,1-2H3,(H,28,31). The van der Waals surface area contributed by atoms with Crippen molar-refractivity contribution in [3.63, 3.8) is 0 Å². The monoisotopic (exact) mass is 463 g/mol. The first-order valence-corrected chi connectivity index (χ1v) is 11.2. The van der Waals surface area contributed by atoms with Crippen molar-refractivity contribution in [2.75, 3.05) is 30.4 Å². The van der Waals surface area contributed by atoms with Gasteiger partial charge in [0, 0.05) is 35.9 Å². The summed E-state index contributed by atoms with van der Waals surface area (Å²) in [7, 11) is 1.57. The highest BCUT2D eigenvalue weighted by molar-refractivity contribution is 6.30. The lowest BCUT2D eigenvalue weighted by molar-refractivity contribution is 0.102. The van der Waals surface area contributed by atoms with Crippen LogP contribution in [0.4, 0.5) is 16.2 Å². The Morgan fingerprint density at radius 3 is 2.64 bits per heavy atom. The zero-order valence-electron chi connectivity index (χ0n) is 18.7. The maximum absolute atomic E-state index is 13.4. The number of hydrogen-bond acceptors (Lipinski definition) is 3. The van der Waals surface area contributed by atoms with Crippen LogP contribution in [-0.2, 0) is 6.54 Å². The molecule has 0 aromatic heterocycles. The van der Waals surface area contributed by atoms with E-state index in [4.69, 9.17) is 16.3 Å². The van der Waals surface area contributed by atoms with E-state index in [0.29, 0.717) is 47.3 Å². The summed E-state index contributed by atoms with van der Waals surface area (Å²) in [5.41, 5.74) is 3.78. The molecule has 0 aliphatic carbocycles. The minimum atomic E-state index is -0.206. The van der Waals surface area contributed by atoms with Gasteiger partial charge in [0.1, 0.15) is 5.75 Å². The van der Waals surface area contributed by atoms with E-state index in [1.54, 1.807) is 41.2 Å². The second kappa shape index (κ2) is 9.96. The number of amides is 3. The molecule has 1 heterocycles. The Bertz CT molecular complexity index is 1180. The van der Waals surface area contributed by atoms with Crippen LogP contribution in [0.3, 0.4) is 0 Å². The SMILES string of the molecule is COc1ccc(NC(=O)c2cccc(C)c2)cc1N1CCCN(Cc2cccc(Cl)c2)C1=O. The number of rotatable bonds is 6. The summed E-state index contributed by atoms with van der Waals surface area (Å²) in [5.74, 6) is 0.365. The molecule has 1 saturated heterocycles. The number of anilines is 2. The summed E-state index contributed by atoms with van der Waals surface area (Å²) in [6, 6.07) is 20.1. The third-order valence-corrected chi connectivity index (χ3v) is 5.82. The van der Waals surface area contributed by atoms with Gasteiger partial charge in [0.15, 0.2) is 0 Å². The zero-order chi connectivity index (χ0) is 23.4. The average molecular weight is 464 g/mol. The Hall–Kier alpha value is -3.51. The van der Waals surface area contributed by atoms with Crippen molar-refractivity contribution in [3.05, 3.63) is 88.4 Å². The fourth-order valence-electron chi connectivity index (χ4n) is 3.98. The van der Waals surface area contributed by atoms with Gasteiger partial charge in [-0.1, -0.05) is 41.4 Å². The molecule has 0 bridgehead atoms. The summed E-state index contributed by atoms with van der Waals surface area (Å²) in [5, 5.41) is 3.57. The molecule has 6 nitrogen and oxygen atoms in total. The average Bonchev–Trinajstić information content (AvgIpc) is 2.80. The summed E-state index contributed by atoms with van der Waals surface area (Å²) in [6.45, 7) is 3.64. The Labute approximate surface area is 198 Å². The minimum Gasteiger partial charge on any atom is -0.495 e. The quantitative estimate of drug-likeness (QED) is 0.507. The van der Waals surface area contributed by atoms with Crippen molar-refractivity contribution in [2.45, 2.75) is 19.9 Å². The van der Waals surface area contributed by atoms with Gasteiger partial charge in [-0.2, -0.15) is 0 Å². The molecule has 0 atom stereocenters. The topological polar surface area (TPSA) is 61.9 Å². The molecular formula is C26H26ClN3O3. The van der Waals surface area contributed by atoms with Crippen molar-refractivity contribution < 1.29 is 14.3 Å². The van der Waals surface area contributed by atoms with Crippen LogP contribution in [0.5, 0.6) is 5.75 Å². The second-order valence-electron chi connectivity index (χ2n) is 8.05. The van der Waals surface area contributed by atoms with E-state index in [-0.39, 0.29) is 11.9 Å². The third-order valence-electron chi connectivity index (χ3n) is 5.58. The van der Waals surface area contributed by atoms with Gasteiger partial charge in [0.2, 0.25) is 0 Å². The molecule has 1 N–H and O–H groups in total. The predicted octanol–water partition coefficient (Wildman–Crippen LogP) is 5.74. The maximum atomic E-state index is 13.4. The minimum absolute atomic E-state index is 0.110. The van der Waals surface area contributed by atoms with Crippen molar-refractivity contribution in [1.82, 2.24) is 4.90 Å². The summed E-state index contributed by atoms with van der Waals surface area (Å²) in [4.78, 5) is 29.6. The molecule has 33 heavy (non-hydrogen) atoms. The number of hydrogen-bond donors (Lipinski definition) is 1. The number of nitrogens with one attached hydrogen (secondary N) is 1. The number of halogens is 1. The van der Waals surface area contributed by atoms with E-state index in [1.165, 1.54) is 0 Å². The van der Waals surface area contributed by atoms with E-state index in [1.807, 2.05) is 49.4 Å². The van der Waals surface area contributed by atoms with Crippen LogP contribution in [0.1, 0.15) is 27.9 Å². The predicted molar refractivity (Wildman–Crippen MR) is 131 cm³/mol. The van der Waals surface area contributed by atoms with Crippen LogP contribution >= 0.6 is 11.6 Å². The highest BCUT2D eigenvalue weighted by Crippen LogP contribution is 2.34. The third kappa shape index (κ3) is 5.29. The summed E-state index contributed by atoms with van der Waals surface area (Å²) < 4.78 is 5.53. The van der Waals surface area contributed by atoms with Gasteiger partial charge >= 0.3 is 6.03 Å². The lowest BCUT2D eigenvalue weighted by Gasteiger charge is -2.36. The van der Waals surface area contributed by atoms with E-state index >= 15 is 0 Å². The van der Waals surface area contributed by atoms with Crippen LogP contribution in [-0.4, -0.2) is 37.0 Å². The fraction of sp³-hybridized carbons (Fsp3) is 0.231. The van der Waals surface area contributed by atoms with Gasteiger partial charge in [-0.3, -0.25) is 9.69 Å². The molecule has 1 aliphatic heterocycles. The van der Waals surface area contributed by atoms with Gasteiger partial charge in [0.25, 0.3) is 5.91 Å². The molecule has 3 aromatic carbocycles. The van der Waals surface area contributed by atoms with Gasteiger partial charge in [-0.05, 0) is 61.4 Å². The number of urea groups is 1. The molecule has 170 valence electrons. The first-order valence-electron chi connectivity index (χ1n) is 10.8. The van der Waals surface area contributed by atoms with E-state index < -0.39 is 0 Å². The zero-order valence-corrected chi connectivity index (χ0v) is 19.4. The number of nitrogens with zero attached hydrogens (tertiary/aromatic N) is 2. The van der Waals surface area contributed by atoms with E-state index in [2.05, 4.69) is 5.32 Å². The number of carbonyl (C=O) groups is 2. The van der Waals surface area contributed by atoms with Gasteiger partial charge < -0.3 is 15.0 Å².